The predicted molar refractivity (Wildman–Crippen MR) is 39.9 cm³/mol. The van der Waals surface area contributed by atoms with E-state index in [-0.39, 0.29) is 6.04 Å². The van der Waals surface area contributed by atoms with Crippen molar-refractivity contribution in [2.75, 3.05) is 0 Å². The van der Waals surface area contributed by atoms with Crippen LogP contribution in [0.1, 0.15) is 25.7 Å². The van der Waals surface area contributed by atoms with E-state index in [1.165, 1.54) is 6.08 Å². The zero-order valence-electron chi connectivity index (χ0n) is 6.67. The van der Waals surface area contributed by atoms with E-state index in [9.17, 15) is 13.6 Å². The van der Waals surface area contributed by atoms with Crippen molar-refractivity contribution < 1.29 is 13.6 Å². The summed E-state index contributed by atoms with van der Waals surface area (Å²) in [5, 5.41) is 0. The van der Waals surface area contributed by atoms with Crippen LogP contribution in [0.15, 0.2) is 4.99 Å². The Labute approximate surface area is 69.7 Å². The van der Waals surface area contributed by atoms with Gasteiger partial charge in [-0.25, -0.2) is 18.6 Å². The van der Waals surface area contributed by atoms with Crippen molar-refractivity contribution in [3.05, 3.63) is 0 Å². The lowest BCUT2D eigenvalue weighted by Gasteiger charge is -2.24. The van der Waals surface area contributed by atoms with Crippen LogP contribution in [0.3, 0.4) is 0 Å². The van der Waals surface area contributed by atoms with Crippen molar-refractivity contribution in [3.8, 4) is 0 Å². The fourth-order valence-corrected chi connectivity index (χ4v) is 1.56. The maximum absolute atomic E-state index is 12.1. The highest BCUT2D eigenvalue weighted by molar-refractivity contribution is 5.33. The third kappa shape index (κ3) is 2.38. The lowest BCUT2D eigenvalue weighted by Crippen LogP contribution is -2.21. The Morgan fingerprint density at radius 1 is 1.25 bits per heavy atom. The molecule has 0 atom stereocenters. The predicted octanol–water partition coefficient (Wildman–Crippen LogP) is 2.15. The Morgan fingerprint density at radius 3 is 2.25 bits per heavy atom. The topological polar surface area (TPSA) is 29.4 Å². The maximum atomic E-state index is 12.1. The molecule has 1 rings (SSSR count). The van der Waals surface area contributed by atoms with Gasteiger partial charge < -0.3 is 0 Å². The van der Waals surface area contributed by atoms with Gasteiger partial charge >= 0.3 is 0 Å². The van der Waals surface area contributed by atoms with Crippen LogP contribution in [-0.2, 0) is 4.79 Å². The second-order valence-corrected chi connectivity index (χ2v) is 3.12. The second-order valence-electron chi connectivity index (χ2n) is 3.12. The van der Waals surface area contributed by atoms with Gasteiger partial charge in [-0.2, -0.15) is 0 Å². The summed E-state index contributed by atoms with van der Waals surface area (Å²) in [6, 6.07) is -0.0579. The summed E-state index contributed by atoms with van der Waals surface area (Å²) in [6.45, 7) is 0. The summed E-state index contributed by atoms with van der Waals surface area (Å²) in [7, 11) is 0. The van der Waals surface area contributed by atoms with Crippen LogP contribution in [0, 0.1) is 5.92 Å². The number of isocyanates is 1. The molecule has 0 unspecified atom stereocenters. The minimum absolute atomic E-state index is 0.0579. The van der Waals surface area contributed by atoms with E-state index < -0.39 is 12.3 Å². The Hall–Kier alpha value is -0.760. The molecular formula is C8H11F2NO. The first kappa shape index (κ1) is 9.33. The molecule has 1 aliphatic carbocycles. The van der Waals surface area contributed by atoms with Crippen LogP contribution in [-0.4, -0.2) is 18.5 Å². The molecular weight excluding hydrogens is 164 g/mol. The molecule has 0 aliphatic heterocycles. The van der Waals surface area contributed by atoms with Crippen molar-refractivity contribution in [2.24, 2.45) is 10.9 Å². The highest BCUT2D eigenvalue weighted by atomic mass is 19.3. The molecule has 68 valence electrons. The SMILES string of the molecule is O=C=NC1CCC(C(F)F)CC1. The van der Waals surface area contributed by atoms with Gasteiger partial charge in [-0.1, -0.05) is 0 Å². The molecule has 0 radical (unpaired) electrons. The van der Waals surface area contributed by atoms with Gasteiger partial charge in [-0.05, 0) is 25.7 Å². The minimum atomic E-state index is -2.22. The Morgan fingerprint density at radius 2 is 1.83 bits per heavy atom. The van der Waals surface area contributed by atoms with Gasteiger partial charge in [0.1, 0.15) is 0 Å². The van der Waals surface area contributed by atoms with Gasteiger partial charge in [-0.3, -0.25) is 0 Å². The molecule has 0 aromatic carbocycles. The fourth-order valence-electron chi connectivity index (χ4n) is 1.56. The largest absolute Gasteiger partial charge is 0.241 e. The molecule has 0 heterocycles. The van der Waals surface area contributed by atoms with Crippen LogP contribution in [0.2, 0.25) is 0 Å². The first-order valence-corrected chi connectivity index (χ1v) is 4.09. The van der Waals surface area contributed by atoms with Gasteiger partial charge in [-0.15, -0.1) is 0 Å². The molecule has 0 saturated heterocycles. The molecule has 0 spiro atoms. The Kier molecular flexibility index (Phi) is 3.35. The number of rotatable bonds is 2. The van der Waals surface area contributed by atoms with E-state index in [1.807, 2.05) is 0 Å². The summed E-state index contributed by atoms with van der Waals surface area (Å²) in [4.78, 5) is 13.4. The molecule has 0 bridgehead atoms. The fraction of sp³-hybridized carbons (Fsp3) is 0.875. The van der Waals surface area contributed by atoms with Gasteiger partial charge in [0.25, 0.3) is 0 Å². The number of hydrogen-bond acceptors (Lipinski definition) is 2. The number of aliphatic imine (C=N–C) groups is 1. The maximum Gasteiger partial charge on any atom is 0.241 e. The highest BCUT2D eigenvalue weighted by Gasteiger charge is 2.26. The minimum Gasteiger partial charge on any atom is -0.211 e. The molecule has 1 aliphatic rings. The summed E-state index contributed by atoms with van der Waals surface area (Å²) in [6.07, 6.45) is 1.41. The molecule has 0 amide bonds. The summed E-state index contributed by atoms with van der Waals surface area (Å²) >= 11 is 0. The van der Waals surface area contributed by atoms with Crippen LogP contribution in [0.5, 0.6) is 0 Å². The van der Waals surface area contributed by atoms with Crippen molar-refractivity contribution in [2.45, 2.75) is 38.2 Å². The molecule has 12 heavy (non-hydrogen) atoms. The van der Waals surface area contributed by atoms with Crippen LogP contribution in [0.25, 0.3) is 0 Å². The zero-order valence-corrected chi connectivity index (χ0v) is 6.67. The first-order chi connectivity index (χ1) is 5.74. The van der Waals surface area contributed by atoms with E-state index in [1.54, 1.807) is 0 Å². The van der Waals surface area contributed by atoms with Gasteiger partial charge in [0.15, 0.2) is 0 Å². The van der Waals surface area contributed by atoms with Crippen LogP contribution < -0.4 is 0 Å². The molecule has 4 heteroatoms. The second kappa shape index (κ2) is 4.31. The van der Waals surface area contributed by atoms with E-state index >= 15 is 0 Å². The third-order valence-corrected chi connectivity index (χ3v) is 2.33. The molecule has 1 fully saturated rings. The van der Waals surface area contributed by atoms with E-state index in [2.05, 4.69) is 4.99 Å². The standard InChI is InChI=1S/C8H11F2NO/c9-8(10)6-1-3-7(4-2-6)11-5-12/h6-8H,1-4H2. The summed E-state index contributed by atoms with van der Waals surface area (Å²) in [5.74, 6) is -0.483. The van der Waals surface area contributed by atoms with Gasteiger partial charge in [0, 0.05) is 5.92 Å². The molecule has 2 nitrogen and oxygen atoms in total. The normalized spacial score (nSPS) is 29.9. The summed E-state index contributed by atoms with van der Waals surface area (Å²) < 4.78 is 24.3. The molecule has 0 aromatic heterocycles. The third-order valence-electron chi connectivity index (χ3n) is 2.33. The quantitative estimate of drug-likeness (QED) is 0.467. The van der Waals surface area contributed by atoms with Gasteiger partial charge in [0.2, 0.25) is 12.5 Å². The van der Waals surface area contributed by atoms with E-state index in [4.69, 9.17) is 0 Å². The number of halogens is 2. The average Bonchev–Trinajstić information content (AvgIpc) is 2.06. The lowest BCUT2D eigenvalue weighted by molar-refractivity contribution is 0.0535. The molecule has 0 N–H and O–H groups in total. The van der Waals surface area contributed by atoms with E-state index in [0.717, 1.165) is 0 Å². The first-order valence-electron chi connectivity index (χ1n) is 4.09. The number of hydrogen-bond donors (Lipinski definition) is 0. The Bertz CT molecular complexity index is 181. The Balaban J connectivity index is 2.34. The van der Waals surface area contributed by atoms with Crippen LogP contribution in [0.4, 0.5) is 8.78 Å². The molecule has 1 saturated carbocycles. The monoisotopic (exact) mass is 175 g/mol. The van der Waals surface area contributed by atoms with Crippen molar-refractivity contribution in [3.63, 3.8) is 0 Å². The van der Waals surface area contributed by atoms with Crippen LogP contribution >= 0.6 is 0 Å². The van der Waals surface area contributed by atoms with Gasteiger partial charge in [0.05, 0.1) is 6.04 Å². The lowest BCUT2D eigenvalue weighted by atomic mass is 9.87. The van der Waals surface area contributed by atoms with Crippen molar-refractivity contribution >= 4 is 6.08 Å². The zero-order chi connectivity index (χ0) is 8.97. The van der Waals surface area contributed by atoms with Crippen molar-refractivity contribution in [1.82, 2.24) is 0 Å². The molecule has 0 aromatic rings. The summed E-state index contributed by atoms with van der Waals surface area (Å²) in [5.41, 5.74) is 0. The number of nitrogens with zero attached hydrogens (tertiary/aromatic N) is 1. The number of carbonyl (C=O) groups excluding carboxylic acids is 1. The number of alkyl halides is 2. The average molecular weight is 175 g/mol. The van der Waals surface area contributed by atoms with E-state index in [0.29, 0.717) is 25.7 Å². The smallest absolute Gasteiger partial charge is 0.211 e. The highest BCUT2D eigenvalue weighted by Crippen LogP contribution is 2.30. The van der Waals surface area contributed by atoms with Crippen molar-refractivity contribution in [1.29, 1.82) is 0 Å².